The van der Waals surface area contributed by atoms with Gasteiger partial charge in [0, 0.05) is 24.2 Å². The number of hydrazine groups is 1. The number of aromatic nitrogens is 2. The van der Waals surface area contributed by atoms with Crippen molar-refractivity contribution >= 4 is 17.4 Å². The molecule has 3 aromatic rings. The van der Waals surface area contributed by atoms with Gasteiger partial charge >= 0.3 is 0 Å². The third-order valence-electron chi connectivity index (χ3n) is 5.39. The van der Waals surface area contributed by atoms with Crippen molar-refractivity contribution in [1.82, 2.24) is 14.6 Å². The Bertz CT molecular complexity index is 1070. The Balaban J connectivity index is 1.72. The second kappa shape index (κ2) is 6.68. The van der Waals surface area contributed by atoms with Gasteiger partial charge < -0.3 is 4.74 Å². The van der Waals surface area contributed by atoms with Crippen LogP contribution in [0.5, 0.6) is 5.75 Å². The number of fused-ring (bicyclic) bond motifs is 3. The number of hydrogen-bond acceptors (Lipinski definition) is 5. The largest absolute Gasteiger partial charge is 0.497 e. The predicted octanol–water partition coefficient (Wildman–Crippen LogP) is 3.69. The highest BCUT2D eigenvalue weighted by atomic mass is 16.5. The maximum atomic E-state index is 12.2. The molecular weight excluding hydrogens is 352 g/mol. The third-order valence-corrected chi connectivity index (χ3v) is 5.39. The Morgan fingerprint density at radius 3 is 2.50 bits per heavy atom. The Morgan fingerprint density at radius 1 is 1.04 bits per heavy atom. The van der Waals surface area contributed by atoms with Crippen LogP contribution < -0.4 is 9.75 Å². The lowest BCUT2D eigenvalue weighted by molar-refractivity contribution is 0.342. The number of nitrogens with zero attached hydrogens (tertiary/aromatic N) is 4. The maximum Gasteiger partial charge on any atom is 0.221 e. The third kappa shape index (κ3) is 2.47. The summed E-state index contributed by atoms with van der Waals surface area (Å²) < 4.78 is 7.18. The van der Waals surface area contributed by atoms with Crippen molar-refractivity contribution in [2.24, 2.45) is 0 Å². The summed E-state index contributed by atoms with van der Waals surface area (Å²) in [6, 6.07) is 15.9. The highest BCUT2D eigenvalue weighted by Gasteiger charge is 2.34. The zero-order valence-electron chi connectivity index (χ0n) is 15.6. The summed E-state index contributed by atoms with van der Waals surface area (Å²) >= 11 is 0. The van der Waals surface area contributed by atoms with Gasteiger partial charge in [-0.15, -0.1) is 0 Å². The predicted molar refractivity (Wildman–Crippen MR) is 108 cm³/mol. The van der Waals surface area contributed by atoms with E-state index in [9.17, 15) is 4.79 Å². The topological polar surface area (TPSA) is 50.6 Å². The van der Waals surface area contributed by atoms with E-state index in [2.05, 4.69) is 28.1 Å². The van der Waals surface area contributed by atoms with Crippen LogP contribution in [-0.2, 0) is 4.79 Å². The van der Waals surface area contributed by atoms with E-state index in [4.69, 9.17) is 4.74 Å². The summed E-state index contributed by atoms with van der Waals surface area (Å²) in [5.74, 6) is 4.15. The lowest BCUT2D eigenvalue weighted by Gasteiger charge is -2.38. The van der Waals surface area contributed by atoms with Crippen LogP contribution in [0.15, 0.2) is 54.7 Å². The van der Waals surface area contributed by atoms with Gasteiger partial charge in [0.15, 0.2) is 5.94 Å². The molecule has 2 aliphatic heterocycles. The first kappa shape index (κ1) is 16.8. The first-order valence-corrected chi connectivity index (χ1v) is 9.44. The van der Waals surface area contributed by atoms with Crippen molar-refractivity contribution in [3.05, 3.63) is 54.7 Å². The fraction of sp³-hybridized carbons (Fsp3) is 0.227. The standard InChI is InChI=1S/C22H20N4O2/c1-28-17-10-8-16(9-11-17)22-23-14-20-18-6-2-3-7-19(18)26(21(15-27)25(20)22)24-12-4-5-13-24/h2-3,6-11,14H,4-5,12-13H2,1H3. The van der Waals surface area contributed by atoms with E-state index in [1.54, 1.807) is 7.11 Å². The van der Waals surface area contributed by atoms with Gasteiger partial charge in [0.05, 0.1) is 24.7 Å². The fourth-order valence-corrected chi connectivity index (χ4v) is 4.06. The van der Waals surface area contributed by atoms with E-state index >= 15 is 0 Å². The van der Waals surface area contributed by atoms with Crippen molar-refractivity contribution in [2.75, 3.05) is 25.2 Å². The molecule has 5 rings (SSSR count). The minimum atomic E-state index is 0.457. The summed E-state index contributed by atoms with van der Waals surface area (Å²) in [5, 5.41) is 4.23. The fourth-order valence-electron chi connectivity index (χ4n) is 4.06. The van der Waals surface area contributed by atoms with Gasteiger partial charge in [-0.2, -0.15) is 0 Å². The number of ether oxygens (including phenoxy) is 1. The van der Waals surface area contributed by atoms with Crippen LogP contribution in [0.25, 0.3) is 28.5 Å². The molecule has 6 nitrogen and oxygen atoms in total. The second-order valence-corrected chi connectivity index (χ2v) is 6.95. The Kier molecular flexibility index (Phi) is 4.01. The Labute approximate surface area is 163 Å². The van der Waals surface area contributed by atoms with Gasteiger partial charge in [-0.1, -0.05) is 18.2 Å². The smallest absolute Gasteiger partial charge is 0.221 e. The number of para-hydroxylation sites is 1. The van der Waals surface area contributed by atoms with Crippen molar-refractivity contribution in [3.8, 4) is 28.4 Å². The normalized spacial score (nSPS) is 15.9. The molecule has 2 aliphatic rings. The van der Waals surface area contributed by atoms with E-state index in [1.807, 2.05) is 52.2 Å². The minimum absolute atomic E-state index is 0.457. The number of rotatable bonds is 3. The molecule has 0 unspecified atom stereocenters. The number of imidazole rings is 1. The highest BCUT2D eigenvalue weighted by Crippen LogP contribution is 2.43. The van der Waals surface area contributed by atoms with Crippen LogP contribution in [0.2, 0.25) is 0 Å². The lowest BCUT2D eigenvalue weighted by Crippen LogP contribution is -2.43. The molecular formula is C22H20N4O2. The summed E-state index contributed by atoms with van der Waals surface area (Å²) in [6.45, 7) is 1.84. The van der Waals surface area contributed by atoms with Gasteiger partial charge in [0.1, 0.15) is 11.6 Å². The molecule has 0 amide bonds. The SMILES string of the molecule is COc1ccc(-c2ncc3n2C(=C=O)N(N2CCCC2)c2ccccc2-3)cc1. The molecule has 3 heterocycles. The molecule has 0 N–H and O–H groups in total. The lowest BCUT2D eigenvalue weighted by atomic mass is 10.1. The molecule has 1 fully saturated rings. The van der Waals surface area contributed by atoms with Crippen molar-refractivity contribution in [2.45, 2.75) is 12.8 Å². The summed E-state index contributed by atoms with van der Waals surface area (Å²) in [5.41, 5.74) is 3.87. The molecule has 1 saturated heterocycles. The first-order chi connectivity index (χ1) is 13.8. The molecule has 1 aromatic heterocycles. The Hall–Kier alpha value is -3.34. The molecule has 0 spiro atoms. The number of methoxy groups -OCH3 is 1. The molecule has 6 heteroatoms. The molecule has 0 atom stereocenters. The average Bonchev–Trinajstić information content (AvgIpc) is 3.43. The van der Waals surface area contributed by atoms with E-state index in [0.717, 1.165) is 60.0 Å². The van der Waals surface area contributed by atoms with Gasteiger partial charge in [-0.3, -0.25) is 4.57 Å². The van der Waals surface area contributed by atoms with Crippen LogP contribution >= 0.6 is 0 Å². The molecule has 0 saturated carbocycles. The molecule has 2 aromatic carbocycles. The molecule has 0 radical (unpaired) electrons. The van der Waals surface area contributed by atoms with Gasteiger partial charge in [0.2, 0.25) is 5.82 Å². The number of anilines is 1. The second-order valence-electron chi connectivity index (χ2n) is 6.95. The molecule has 140 valence electrons. The zero-order chi connectivity index (χ0) is 19.1. The van der Waals surface area contributed by atoms with E-state index in [1.165, 1.54) is 0 Å². The molecule has 0 aliphatic carbocycles. The van der Waals surface area contributed by atoms with Crippen LogP contribution in [0, 0.1) is 0 Å². The summed E-state index contributed by atoms with van der Waals surface area (Å²) in [7, 11) is 1.64. The van der Waals surface area contributed by atoms with Crippen LogP contribution in [0.3, 0.4) is 0 Å². The van der Waals surface area contributed by atoms with Crippen molar-refractivity contribution < 1.29 is 9.53 Å². The number of hydrogen-bond donors (Lipinski definition) is 0. The van der Waals surface area contributed by atoms with Crippen LogP contribution in [-0.4, -0.2) is 40.7 Å². The molecule has 28 heavy (non-hydrogen) atoms. The van der Waals surface area contributed by atoms with E-state index in [-0.39, 0.29) is 0 Å². The highest BCUT2D eigenvalue weighted by molar-refractivity contribution is 5.98. The summed E-state index contributed by atoms with van der Waals surface area (Å²) in [4.78, 5) is 16.8. The monoisotopic (exact) mass is 372 g/mol. The van der Waals surface area contributed by atoms with Gasteiger partial charge in [0.25, 0.3) is 0 Å². The first-order valence-electron chi connectivity index (χ1n) is 9.44. The van der Waals surface area contributed by atoms with Crippen LogP contribution in [0.1, 0.15) is 12.8 Å². The average molecular weight is 372 g/mol. The minimum Gasteiger partial charge on any atom is -0.497 e. The van der Waals surface area contributed by atoms with Gasteiger partial charge in [-0.25, -0.2) is 19.8 Å². The van der Waals surface area contributed by atoms with E-state index < -0.39 is 0 Å². The van der Waals surface area contributed by atoms with Crippen molar-refractivity contribution in [3.63, 3.8) is 0 Å². The van der Waals surface area contributed by atoms with Crippen LogP contribution in [0.4, 0.5) is 5.69 Å². The summed E-state index contributed by atoms with van der Waals surface area (Å²) in [6.07, 6.45) is 4.07. The molecule has 0 bridgehead atoms. The van der Waals surface area contributed by atoms with Crippen molar-refractivity contribution in [1.29, 1.82) is 0 Å². The van der Waals surface area contributed by atoms with Gasteiger partial charge in [-0.05, 0) is 43.2 Å². The quantitative estimate of drug-likeness (QED) is 0.657. The maximum absolute atomic E-state index is 12.2. The number of carbonyl (C=O) groups excluding carboxylic acids is 1. The zero-order valence-corrected chi connectivity index (χ0v) is 15.6. The number of benzene rings is 2. The van der Waals surface area contributed by atoms with E-state index in [0.29, 0.717) is 5.82 Å². The Morgan fingerprint density at radius 2 is 1.79 bits per heavy atom.